The van der Waals surface area contributed by atoms with Crippen LogP contribution in [0.15, 0.2) is 40.3 Å². The summed E-state index contributed by atoms with van der Waals surface area (Å²) in [6.07, 6.45) is 3.52. The smallest absolute Gasteiger partial charge is 0.191 e. The van der Waals surface area contributed by atoms with E-state index in [-0.39, 0.29) is 0 Å². The second-order valence-electron chi connectivity index (χ2n) is 4.50. The van der Waals surface area contributed by atoms with E-state index in [1.54, 1.807) is 24.2 Å². The summed E-state index contributed by atoms with van der Waals surface area (Å²) >= 11 is 1.60. The highest BCUT2D eigenvalue weighted by Gasteiger charge is 2.13. The molecule has 0 saturated heterocycles. The molecule has 6 nitrogen and oxygen atoms in total. The quantitative estimate of drug-likeness (QED) is 0.675. The fourth-order valence-electron chi connectivity index (χ4n) is 2.02. The Bertz CT molecular complexity index is 722. The number of pyridine rings is 1. The van der Waals surface area contributed by atoms with Crippen molar-refractivity contribution in [3.8, 4) is 11.4 Å². The molecule has 0 amide bonds. The van der Waals surface area contributed by atoms with Crippen molar-refractivity contribution < 1.29 is 4.52 Å². The maximum Gasteiger partial charge on any atom is 0.191 e. The summed E-state index contributed by atoms with van der Waals surface area (Å²) in [5.74, 6) is 2.39. The maximum absolute atomic E-state index is 5.07. The van der Waals surface area contributed by atoms with Gasteiger partial charge in [-0.3, -0.25) is 4.98 Å². The van der Waals surface area contributed by atoms with Gasteiger partial charge in [-0.2, -0.15) is 0 Å². The van der Waals surface area contributed by atoms with E-state index in [1.807, 2.05) is 25.1 Å². The Morgan fingerprint density at radius 3 is 2.71 bits per heavy atom. The Hall–Kier alpha value is -2.15. The predicted molar refractivity (Wildman–Crippen MR) is 79.7 cm³/mol. The molecular formula is C14H15N5OS. The van der Waals surface area contributed by atoms with Crippen molar-refractivity contribution in [3.05, 3.63) is 42.0 Å². The van der Waals surface area contributed by atoms with Crippen LogP contribution in [0.4, 0.5) is 0 Å². The normalized spacial score (nSPS) is 11.0. The summed E-state index contributed by atoms with van der Waals surface area (Å²) in [5.41, 5.74) is 1.93. The molecule has 3 aromatic rings. The first-order valence-corrected chi connectivity index (χ1v) is 7.65. The number of nitrogens with zero attached hydrogens (tertiary/aromatic N) is 5. The van der Waals surface area contributed by atoms with Crippen LogP contribution in [0, 0.1) is 6.92 Å². The van der Waals surface area contributed by atoms with Gasteiger partial charge in [-0.25, -0.2) is 0 Å². The van der Waals surface area contributed by atoms with Crippen molar-refractivity contribution >= 4 is 11.8 Å². The Morgan fingerprint density at radius 1 is 1.24 bits per heavy atom. The number of hydrogen-bond acceptors (Lipinski definition) is 6. The van der Waals surface area contributed by atoms with Gasteiger partial charge in [0, 0.05) is 36.3 Å². The van der Waals surface area contributed by atoms with Gasteiger partial charge in [-0.05, 0) is 26.0 Å². The topological polar surface area (TPSA) is 69.6 Å². The minimum atomic E-state index is 0.714. The first-order valence-electron chi connectivity index (χ1n) is 6.66. The Kier molecular flexibility index (Phi) is 4.01. The number of aromatic nitrogens is 5. The summed E-state index contributed by atoms with van der Waals surface area (Å²) in [6.45, 7) is 4.78. The fourth-order valence-corrected chi connectivity index (χ4v) is 2.90. The number of thioether (sulfide) groups is 1. The molecule has 0 spiro atoms. The van der Waals surface area contributed by atoms with Gasteiger partial charge in [-0.15, -0.1) is 10.2 Å². The highest BCUT2D eigenvalue weighted by Crippen LogP contribution is 2.25. The Labute approximate surface area is 126 Å². The highest BCUT2D eigenvalue weighted by molar-refractivity contribution is 7.98. The molecule has 0 aliphatic carbocycles. The number of aryl methyl sites for hydroxylation is 1. The molecule has 3 heterocycles. The average Bonchev–Trinajstić information content (AvgIpc) is 3.11. The van der Waals surface area contributed by atoms with Crippen LogP contribution in [0.3, 0.4) is 0 Å². The van der Waals surface area contributed by atoms with Gasteiger partial charge < -0.3 is 9.09 Å². The van der Waals surface area contributed by atoms with Crippen LogP contribution in [0.2, 0.25) is 0 Å². The fraction of sp³-hybridized carbons (Fsp3) is 0.286. The van der Waals surface area contributed by atoms with Gasteiger partial charge in [0.25, 0.3) is 0 Å². The van der Waals surface area contributed by atoms with Gasteiger partial charge in [0.1, 0.15) is 5.76 Å². The van der Waals surface area contributed by atoms with Crippen LogP contribution in [-0.4, -0.2) is 24.9 Å². The van der Waals surface area contributed by atoms with E-state index in [2.05, 4.69) is 31.8 Å². The van der Waals surface area contributed by atoms with E-state index in [9.17, 15) is 0 Å². The number of rotatable bonds is 5. The molecule has 0 aliphatic rings. The van der Waals surface area contributed by atoms with E-state index >= 15 is 0 Å². The monoisotopic (exact) mass is 301 g/mol. The third-order valence-electron chi connectivity index (χ3n) is 3.00. The average molecular weight is 301 g/mol. The molecule has 0 radical (unpaired) electrons. The molecule has 0 fully saturated rings. The summed E-state index contributed by atoms with van der Waals surface area (Å²) in [4.78, 5) is 4.03. The third kappa shape index (κ3) is 2.97. The molecule has 21 heavy (non-hydrogen) atoms. The van der Waals surface area contributed by atoms with Crippen LogP contribution in [0.5, 0.6) is 0 Å². The lowest BCUT2D eigenvalue weighted by molar-refractivity contribution is 0.393. The van der Waals surface area contributed by atoms with Gasteiger partial charge in [0.2, 0.25) is 0 Å². The van der Waals surface area contributed by atoms with E-state index in [0.29, 0.717) is 5.75 Å². The lowest BCUT2D eigenvalue weighted by Crippen LogP contribution is -2.00. The first-order chi connectivity index (χ1) is 10.3. The van der Waals surface area contributed by atoms with Crippen LogP contribution < -0.4 is 0 Å². The molecule has 3 aromatic heterocycles. The molecule has 0 bridgehead atoms. The molecular weight excluding hydrogens is 286 g/mol. The molecule has 0 N–H and O–H groups in total. The van der Waals surface area contributed by atoms with Crippen molar-refractivity contribution in [2.75, 3.05) is 0 Å². The summed E-state index contributed by atoms with van der Waals surface area (Å²) in [7, 11) is 0. The maximum atomic E-state index is 5.07. The molecule has 0 aromatic carbocycles. The zero-order chi connectivity index (χ0) is 14.7. The summed E-state index contributed by atoms with van der Waals surface area (Å²) in [6, 6.07) is 5.81. The van der Waals surface area contributed by atoms with Crippen molar-refractivity contribution in [1.29, 1.82) is 0 Å². The van der Waals surface area contributed by atoms with Crippen molar-refractivity contribution in [2.24, 2.45) is 0 Å². The van der Waals surface area contributed by atoms with Crippen LogP contribution in [0.25, 0.3) is 11.4 Å². The van der Waals surface area contributed by atoms with Gasteiger partial charge in [-0.1, -0.05) is 16.9 Å². The predicted octanol–water partition coefficient (Wildman–Crippen LogP) is 2.95. The van der Waals surface area contributed by atoms with Crippen molar-refractivity contribution in [3.63, 3.8) is 0 Å². The zero-order valence-electron chi connectivity index (χ0n) is 11.9. The van der Waals surface area contributed by atoms with Crippen LogP contribution in [-0.2, 0) is 12.3 Å². The van der Waals surface area contributed by atoms with E-state index in [1.165, 1.54) is 0 Å². The second-order valence-corrected chi connectivity index (χ2v) is 5.45. The molecule has 0 atom stereocenters. The SMILES string of the molecule is CCn1c(SCc2cc(C)on2)nnc1-c1ccncc1. The van der Waals surface area contributed by atoms with Crippen LogP contribution in [0.1, 0.15) is 18.4 Å². The zero-order valence-corrected chi connectivity index (χ0v) is 12.7. The third-order valence-corrected chi connectivity index (χ3v) is 4.00. The van der Waals surface area contributed by atoms with E-state index in [0.717, 1.165) is 34.5 Å². The van der Waals surface area contributed by atoms with Gasteiger partial charge >= 0.3 is 0 Å². The summed E-state index contributed by atoms with van der Waals surface area (Å²) in [5, 5.41) is 13.4. The molecule has 0 aliphatic heterocycles. The molecule has 3 rings (SSSR count). The first kappa shape index (κ1) is 13.8. The van der Waals surface area contributed by atoms with Crippen molar-refractivity contribution in [1.82, 2.24) is 24.9 Å². The van der Waals surface area contributed by atoms with Crippen LogP contribution >= 0.6 is 11.8 Å². The Balaban J connectivity index is 1.82. The minimum absolute atomic E-state index is 0.714. The highest BCUT2D eigenvalue weighted by atomic mass is 32.2. The number of hydrogen-bond donors (Lipinski definition) is 0. The molecule has 0 saturated carbocycles. The standard InChI is InChI=1S/C14H15N5OS/c1-3-19-13(11-4-6-15-7-5-11)16-17-14(19)21-9-12-8-10(2)20-18-12/h4-8H,3,9H2,1-2H3. The lowest BCUT2D eigenvalue weighted by atomic mass is 10.2. The van der Waals surface area contributed by atoms with E-state index in [4.69, 9.17) is 4.52 Å². The van der Waals surface area contributed by atoms with Gasteiger partial charge in [0.15, 0.2) is 11.0 Å². The lowest BCUT2D eigenvalue weighted by Gasteiger charge is -2.06. The summed E-state index contributed by atoms with van der Waals surface area (Å²) < 4.78 is 7.16. The molecule has 0 unspecified atom stereocenters. The second kappa shape index (κ2) is 6.09. The molecule has 7 heteroatoms. The van der Waals surface area contributed by atoms with Gasteiger partial charge in [0.05, 0.1) is 5.69 Å². The van der Waals surface area contributed by atoms with E-state index < -0.39 is 0 Å². The Morgan fingerprint density at radius 2 is 2.05 bits per heavy atom. The van der Waals surface area contributed by atoms with Crippen molar-refractivity contribution in [2.45, 2.75) is 31.3 Å². The molecule has 108 valence electrons. The minimum Gasteiger partial charge on any atom is -0.361 e. The largest absolute Gasteiger partial charge is 0.361 e.